The Labute approximate surface area is 163 Å². The summed E-state index contributed by atoms with van der Waals surface area (Å²) in [6.07, 6.45) is 2.71. The molecule has 140 valence electrons. The van der Waals surface area contributed by atoms with Crippen LogP contribution in [0.3, 0.4) is 0 Å². The first-order chi connectivity index (χ1) is 13.1. The van der Waals surface area contributed by atoms with E-state index in [1.54, 1.807) is 9.42 Å². The summed E-state index contributed by atoms with van der Waals surface area (Å²) in [6, 6.07) is 9.59. The molecule has 1 amide bonds. The number of likely N-dealkylation sites (tertiary alicyclic amines) is 1. The van der Waals surface area contributed by atoms with Gasteiger partial charge in [-0.05, 0) is 34.3 Å². The van der Waals surface area contributed by atoms with Crippen LogP contribution in [0, 0.1) is 0 Å². The summed E-state index contributed by atoms with van der Waals surface area (Å²) in [5.41, 5.74) is 1.06. The molecule has 0 saturated carbocycles. The second-order valence-electron chi connectivity index (χ2n) is 6.46. The second-order valence-corrected chi connectivity index (χ2v) is 7.22. The largest absolute Gasteiger partial charge is 0.445 e. The van der Waals surface area contributed by atoms with E-state index >= 15 is 0 Å². The molecule has 1 N–H and O–H groups in total. The van der Waals surface area contributed by atoms with Crippen molar-refractivity contribution in [1.29, 1.82) is 0 Å². The maximum Gasteiger partial charge on any atom is 0.410 e. The molecule has 3 aromatic rings. The molecule has 4 rings (SSSR count). The number of carbonyl (C=O) groups is 1. The number of rotatable bonds is 3. The number of halogens is 1. The van der Waals surface area contributed by atoms with Gasteiger partial charge < -0.3 is 14.6 Å². The molecule has 3 heterocycles. The van der Waals surface area contributed by atoms with E-state index < -0.39 is 0 Å². The van der Waals surface area contributed by atoms with Gasteiger partial charge in [0.25, 0.3) is 5.56 Å². The van der Waals surface area contributed by atoms with E-state index in [1.165, 1.54) is 6.33 Å². The predicted molar refractivity (Wildman–Crippen MR) is 101 cm³/mol. The Hall–Kier alpha value is -2.68. The molecule has 1 unspecified atom stereocenters. The van der Waals surface area contributed by atoms with Crippen molar-refractivity contribution in [3.63, 3.8) is 0 Å². The van der Waals surface area contributed by atoms with Crippen molar-refractivity contribution < 1.29 is 9.53 Å². The number of benzene rings is 1. The molecular formula is C18H18BrN5O3. The number of ether oxygens (including phenoxy) is 1. The van der Waals surface area contributed by atoms with Crippen LogP contribution in [0.15, 0.2) is 46.1 Å². The number of fused-ring (bicyclic) bond motifs is 1. The summed E-state index contributed by atoms with van der Waals surface area (Å²) in [4.78, 5) is 33.2. The normalized spacial score (nSPS) is 17.2. The first-order valence-corrected chi connectivity index (χ1v) is 9.50. The fourth-order valence-corrected chi connectivity index (χ4v) is 3.88. The lowest BCUT2D eigenvalue weighted by Gasteiger charge is -2.31. The maximum atomic E-state index is 12.5. The topological polar surface area (TPSA) is 92.6 Å². The summed E-state index contributed by atoms with van der Waals surface area (Å²) in [5.74, 6) is 0.652. The van der Waals surface area contributed by atoms with Gasteiger partial charge in [-0.15, -0.1) is 0 Å². The summed E-state index contributed by atoms with van der Waals surface area (Å²) in [7, 11) is 0. The summed E-state index contributed by atoms with van der Waals surface area (Å²) in [6.45, 7) is 1.37. The van der Waals surface area contributed by atoms with Crippen LogP contribution >= 0.6 is 15.9 Å². The number of aromatic amines is 1. The minimum Gasteiger partial charge on any atom is -0.445 e. The lowest BCUT2D eigenvalue weighted by atomic mass is 9.98. The van der Waals surface area contributed by atoms with Crippen LogP contribution in [-0.4, -0.2) is 43.7 Å². The number of piperidine rings is 1. The third kappa shape index (κ3) is 3.59. The fraction of sp³-hybridized carbons (Fsp3) is 0.333. The average molecular weight is 432 g/mol. The van der Waals surface area contributed by atoms with Crippen molar-refractivity contribution in [3.8, 4) is 0 Å². The summed E-state index contributed by atoms with van der Waals surface area (Å²) < 4.78 is 7.45. The molecule has 8 nitrogen and oxygen atoms in total. The van der Waals surface area contributed by atoms with E-state index in [9.17, 15) is 9.59 Å². The second kappa shape index (κ2) is 7.51. The molecule has 9 heteroatoms. The molecule has 1 aromatic carbocycles. The highest BCUT2D eigenvalue weighted by Crippen LogP contribution is 2.28. The predicted octanol–water partition coefficient (Wildman–Crippen LogP) is 2.70. The Bertz CT molecular complexity index is 1020. The van der Waals surface area contributed by atoms with Crippen molar-refractivity contribution in [1.82, 2.24) is 24.5 Å². The van der Waals surface area contributed by atoms with Gasteiger partial charge in [0.15, 0.2) is 5.52 Å². The van der Waals surface area contributed by atoms with Crippen molar-refractivity contribution in [2.45, 2.75) is 25.4 Å². The number of amides is 1. The molecule has 1 fully saturated rings. The minimum absolute atomic E-state index is 0.0175. The van der Waals surface area contributed by atoms with E-state index in [4.69, 9.17) is 4.74 Å². The zero-order chi connectivity index (χ0) is 18.8. The van der Waals surface area contributed by atoms with Crippen molar-refractivity contribution in [2.24, 2.45) is 0 Å². The number of hydrogen-bond donors (Lipinski definition) is 1. The lowest BCUT2D eigenvalue weighted by molar-refractivity contribution is 0.0852. The van der Waals surface area contributed by atoms with E-state index in [1.807, 2.05) is 30.3 Å². The summed E-state index contributed by atoms with van der Waals surface area (Å²) >= 11 is 3.33. The molecule has 0 aliphatic carbocycles. The smallest absolute Gasteiger partial charge is 0.410 e. The van der Waals surface area contributed by atoms with Crippen molar-refractivity contribution in [3.05, 3.63) is 63.0 Å². The lowest BCUT2D eigenvalue weighted by Crippen LogP contribution is -2.40. The quantitative estimate of drug-likeness (QED) is 0.687. The minimum atomic E-state index is -0.339. The number of carbonyl (C=O) groups excluding carboxylic acids is 1. The number of aromatic nitrogens is 4. The monoisotopic (exact) mass is 431 g/mol. The van der Waals surface area contributed by atoms with Gasteiger partial charge in [-0.2, -0.15) is 5.10 Å². The summed E-state index contributed by atoms with van der Waals surface area (Å²) in [5, 5.41) is 4.22. The Balaban J connectivity index is 1.49. The molecule has 1 aliphatic rings. The SMILES string of the molecule is O=C(OCc1ccccc1)N1CCCC(c2nc(Br)c3c(=O)[nH]cnn23)C1. The molecular weight excluding hydrogens is 414 g/mol. The van der Waals surface area contributed by atoms with E-state index in [0.29, 0.717) is 29.0 Å². The van der Waals surface area contributed by atoms with Crippen LogP contribution in [0.4, 0.5) is 4.79 Å². The zero-order valence-corrected chi connectivity index (χ0v) is 16.1. The van der Waals surface area contributed by atoms with Crippen LogP contribution in [-0.2, 0) is 11.3 Å². The average Bonchev–Trinajstić information content (AvgIpc) is 3.05. The van der Waals surface area contributed by atoms with Crippen molar-refractivity contribution in [2.75, 3.05) is 13.1 Å². The number of hydrogen-bond acceptors (Lipinski definition) is 5. The first-order valence-electron chi connectivity index (χ1n) is 8.71. The highest BCUT2D eigenvalue weighted by Gasteiger charge is 2.29. The highest BCUT2D eigenvalue weighted by atomic mass is 79.9. The van der Waals surface area contributed by atoms with Gasteiger partial charge in [-0.25, -0.2) is 14.3 Å². The van der Waals surface area contributed by atoms with E-state index in [0.717, 1.165) is 18.4 Å². The van der Waals surface area contributed by atoms with Crippen LogP contribution in [0.2, 0.25) is 0 Å². The molecule has 0 bridgehead atoms. The molecule has 27 heavy (non-hydrogen) atoms. The van der Waals surface area contributed by atoms with Gasteiger partial charge >= 0.3 is 6.09 Å². The number of H-pyrrole nitrogens is 1. The Morgan fingerprint density at radius 3 is 2.96 bits per heavy atom. The molecule has 1 saturated heterocycles. The van der Waals surface area contributed by atoms with Gasteiger partial charge in [0.05, 0.1) is 0 Å². The first kappa shape index (κ1) is 17.7. The Kier molecular flexibility index (Phi) is 4.93. The van der Waals surface area contributed by atoms with Gasteiger partial charge in [0.2, 0.25) is 0 Å². The molecule has 1 aliphatic heterocycles. The molecule has 0 radical (unpaired) electrons. The third-order valence-corrected chi connectivity index (χ3v) is 5.22. The third-order valence-electron chi connectivity index (χ3n) is 4.67. The molecule has 0 spiro atoms. The van der Waals surface area contributed by atoms with Gasteiger partial charge in [-0.3, -0.25) is 4.79 Å². The van der Waals surface area contributed by atoms with E-state index in [2.05, 4.69) is 31.0 Å². The van der Waals surface area contributed by atoms with Gasteiger partial charge in [0, 0.05) is 19.0 Å². The number of imidazole rings is 1. The van der Waals surface area contributed by atoms with Crippen molar-refractivity contribution >= 4 is 27.5 Å². The van der Waals surface area contributed by atoms with Gasteiger partial charge in [0.1, 0.15) is 23.4 Å². The Morgan fingerprint density at radius 1 is 1.33 bits per heavy atom. The van der Waals surface area contributed by atoms with Crippen LogP contribution in [0.1, 0.15) is 30.1 Å². The fourth-order valence-electron chi connectivity index (χ4n) is 3.35. The standard InChI is InChI=1S/C18H18BrN5O3/c19-15-14-17(25)20-11-21-24(14)16(22-15)13-7-4-8-23(9-13)18(26)27-10-12-5-2-1-3-6-12/h1-3,5-6,11,13H,4,7-10H2,(H,20,21,25). The van der Waals surface area contributed by atoms with Crippen LogP contribution in [0.25, 0.3) is 5.52 Å². The molecule has 2 aromatic heterocycles. The maximum absolute atomic E-state index is 12.5. The van der Waals surface area contributed by atoms with E-state index in [-0.39, 0.29) is 24.2 Å². The number of nitrogens with zero attached hydrogens (tertiary/aromatic N) is 4. The number of nitrogens with one attached hydrogen (secondary N) is 1. The molecule has 1 atom stereocenters. The van der Waals surface area contributed by atoms with Crippen LogP contribution < -0.4 is 5.56 Å². The Morgan fingerprint density at radius 2 is 2.15 bits per heavy atom. The van der Waals surface area contributed by atoms with Crippen LogP contribution in [0.5, 0.6) is 0 Å². The zero-order valence-electron chi connectivity index (χ0n) is 14.5. The highest BCUT2D eigenvalue weighted by molar-refractivity contribution is 9.10. The van der Waals surface area contributed by atoms with Gasteiger partial charge in [-0.1, -0.05) is 30.3 Å².